The first-order valence-corrected chi connectivity index (χ1v) is 10.8. The molecule has 2 heterocycles. The molecule has 0 unspecified atom stereocenters. The molecule has 7 nitrogen and oxygen atoms in total. The van der Waals surface area contributed by atoms with Crippen LogP contribution in [-0.4, -0.2) is 39.2 Å². The fraction of sp³-hybridized carbons (Fsp3) is 0.333. The quantitative estimate of drug-likeness (QED) is 0.622. The van der Waals surface area contributed by atoms with Crippen molar-refractivity contribution in [1.29, 1.82) is 0 Å². The topological polar surface area (TPSA) is 88.9 Å². The molecule has 2 N–H and O–H groups in total. The Morgan fingerprint density at radius 2 is 2.03 bits per heavy atom. The largest absolute Gasteiger partial charge is 0.350 e. The average molecular weight is 436 g/mol. The van der Waals surface area contributed by atoms with E-state index in [1.807, 2.05) is 0 Å². The lowest BCUT2D eigenvalue weighted by molar-refractivity contribution is 0.0898. The molecule has 2 atom stereocenters. The van der Waals surface area contributed by atoms with Gasteiger partial charge in [-0.2, -0.15) is 5.10 Å². The summed E-state index contributed by atoms with van der Waals surface area (Å²) in [4.78, 5) is 29.3. The highest BCUT2D eigenvalue weighted by atomic mass is 19.1. The van der Waals surface area contributed by atoms with Crippen molar-refractivity contribution in [2.45, 2.75) is 31.7 Å². The molecule has 1 saturated carbocycles. The highest BCUT2D eigenvalue weighted by Gasteiger charge is 2.24. The second kappa shape index (κ2) is 9.72. The monoisotopic (exact) mass is 435 g/mol. The number of halogens is 1. The molecule has 1 aromatic carbocycles. The SMILES string of the molecule is Cn1nccc1C(=O)NC[C@@H]1CCC[C@H](NC(=O)c2ccc(-c3cccc(F)c3)nc2)C1. The van der Waals surface area contributed by atoms with Crippen molar-refractivity contribution >= 4 is 11.8 Å². The van der Waals surface area contributed by atoms with E-state index in [9.17, 15) is 14.0 Å². The number of amides is 2. The van der Waals surface area contributed by atoms with Crippen LogP contribution in [0.5, 0.6) is 0 Å². The van der Waals surface area contributed by atoms with Crippen LogP contribution in [-0.2, 0) is 7.05 Å². The predicted octanol–water partition coefficient (Wildman–Crippen LogP) is 3.34. The Bertz CT molecular complexity index is 1100. The van der Waals surface area contributed by atoms with E-state index in [1.165, 1.54) is 18.3 Å². The number of hydrogen-bond donors (Lipinski definition) is 2. The second-order valence-corrected chi connectivity index (χ2v) is 8.20. The molecule has 1 fully saturated rings. The number of nitrogens with zero attached hydrogens (tertiary/aromatic N) is 3. The van der Waals surface area contributed by atoms with Gasteiger partial charge in [0, 0.05) is 37.6 Å². The third-order valence-corrected chi connectivity index (χ3v) is 5.87. The van der Waals surface area contributed by atoms with Crippen LogP contribution >= 0.6 is 0 Å². The highest BCUT2D eigenvalue weighted by molar-refractivity contribution is 5.94. The van der Waals surface area contributed by atoms with Crippen molar-refractivity contribution < 1.29 is 14.0 Å². The summed E-state index contributed by atoms with van der Waals surface area (Å²) in [6.45, 7) is 0.570. The van der Waals surface area contributed by atoms with E-state index >= 15 is 0 Å². The van der Waals surface area contributed by atoms with E-state index in [-0.39, 0.29) is 23.7 Å². The van der Waals surface area contributed by atoms with Gasteiger partial charge in [0.2, 0.25) is 0 Å². The standard InChI is InChI=1S/C24H26FN5O2/c1-30-22(10-11-28-30)24(32)27-14-16-4-2-7-20(12-16)29-23(31)18-8-9-21(26-15-18)17-5-3-6-19(25)13-17/h3,5-6,8-11,13,15-16,20H,2,4,7,12,14H2,1H3,(H,27,32)(H,29,31)/t16-,20+/m1/s1. The van der Waals surface area contributed by atoms with Gasteiger partial charge in [-0.05, 0) is 55.5 Å². The van der Waals surface area contributed by atoms with E-state index in [2.05, 4.69) is 20.7 Å². The van der Waals surface area contributed by atoms with E-state index in [4.69, 9.17) is 0 Å². The van der Waals surface area contributed by atoms with Crippen molar-refractivity contribution in [2.24, 2.45) is 13.0 Å². The summed E-state index contributed by atoms with van der Waals surface area (Å²) in [5, 5.41) is 10.1. The van der Waals surface area contributed by atoms with Crippen LogP contribution in [0.3, 0.4) is 0 Å². The minimum absolute atomic E-state index is 0.0535. The molecule has 3 aromatic rings. The summed E-state index contributed by atoms with van der Waals surface area (Å²) in [5.74, 6) is -0.331. The van der Waals surface area contributed by atoms with Crippen molar-refractivity contribution in [1.82, 2.24) is 25.4 Å². The van der Waals surface area contributed by atoms with E-state index in [0.29, 0.717) is 35.0 Å². The maximum Gasteiger partial charge on any atom is 0.269 e. The van der Waals surface area contributed by atoms with Gasteiger partial charge in [-0.15, -0.1) is 0 Å². The summed E-state index contributed by atoms with van der Waals surface area (Å²) in [5.41, 5.74) is 2.28. The Balaban J connectivity index is 1.30. The molecule has 166 valence electrons. The van der Waals surface area contributed by atoms with Gasteiger partial charge in [0.15, 0.2) is 0 Å². The normalized spacial score (nSPS) is 18.2. The lowest BCUT2D eigenvalue weighted by atomic mass is 9.85. The smallest absolute Gasteiger partial charge is 0.269 e. The average Bonchev–Trinajstić information content (AvgIpc) is 3.24. The highest BCUT2D eigenvalue weighted by Crippen LogP contribution is 2.24. The number of benzene rings is 1. The summed E-state index contributed by atoms with van der Waals surface area (Å²) in [7, 11) is 1.74. The zero-order chi connectivity index (χ0) is 22.5. The molecule has 1 aliphatic carbocycles. The lowest BCUT2D eigenvalue weighted by Gasteiger charge is -2.30. The Morgan fingerprint density at radius 1 is 1.16 bits per heavy atom. The molecule has 8 heteroatoms. The van der Waals surface area contributed by atoms with Gasteiger partial charge in [0.05, 0.1) is 11.3 Å². The first-order valence-electron chi connectivity index (χ1n) is 10.8. The molecular weight excluding hydrogens is 409 g/mol. The third kappa shape index (κ3) is 5.19. The maximum atomic E-state index is 13.4. The van der Waals surface area contributed by atoms with Crippen LogP contribution in [0.2, 0.25) is 0 Å². The molecule has 0 saturated heterocycles. The fourth-order valence-electron chi connectivity index (χ4n) is 4.15. The van der Waals surface area contributed by atoms with Crippen LogP contribution < -0.4 is 10.6 Å². The number of nitrogens with one attached hydrogen (secondary N) is 2. The minimum Gasteiger partial charge on any atom is -0.350 e. The van der Waals surface area contributed by atoms with Crippen LogP contribution in [0.4, 0.5) is 4.39 Å². The van der Waals surface area contributed by atoms with Gasteiger partial charge in [-0.1, -0.05) is 18.6 Å². The van der Waals surface area contributed by atoms with Crippen LogP contribution in [0.25, 0.3) is 11.3 Å². The van der Waals surface area contributed by atoms with Gasteiger partial charge < -0.3 is 10.6 Å². The van der Waals surface area contributed by atoms with Gasteiger partial charge >= 0.3 is 0 Å². The number of pyridine rings is 1. The van der Waals surface area contributed by atoms with Crippen molar-refractivity contribution in [3.63, 3.8) is 0 Å². The van der Waals surface area contributed by atoms with Gasteiger partial charge in [0.25, 0.3) is 11.8 Å². The number of carbonyl (C=O) groups excluding carboxylic acids is 2. The van der Waals surface area contributed by atoms with Crippen LogP contribution in [0.15, 0.2) is 54.9 Å². The van der Waals surface area contributed by atoms with Gasteiger partial charge in [0.1, 0.15) is 11.5 Å². The summed E-state index contributed by atoms with van der Waals surface area (Å²) in [6.07, 6.45) is 6.85. The Kier molecular flexibility index (Phi) is 6.58. The van der Waals surface area contributed by atoms with Gasteiger partial charge in [-0.3, -0.25) is 19.3 Å². The number of hydrogen-bond acceptors (Lipinski definition) is 4. The zero-order valence-corrected chi connectivity index (χ0v) is 17.9. The molecule has 32 heavy (non-hydrogen) atoms. The van der Waals surface area contributed by atoms with E-state index in [0.717, 1.165) is 25.7 Å². The van der Waals surface area contributed by atoms with Crippen molar-refractivity contribution in [3.8, 4) is 11.3 Å². The lowest BCUT2D eigenvalue weighted by Crippen LogP contribution is -2.41. The Morgan fingerprint density at radius 3 is 2.75 bits per heavy atom. The number of aromatic nitrogens is 3. The number of rotatable bonds is 6. The summed E-state index contributed by atoms with van der Waals surface area (Å²) < 4.78 is 15.0. The second-order valence-electron chi connectivity index (χ2n) is 8.20. The fourth-order valence-corrected chi connectivity index (χ4v) is 4.15. The molecule has 0 bridgehead atoms. The number of carbonyl (C=O) groups is 2. The first kappa shape index (κ1) is 21.7. The molecule has 2 amide bonds. The number of aryl methyl sites for hydroxylation is 1. The van der Waals surface area contributed by atoms with Crippen molar-refractivity contribution in [3.05, 3.63) is 71.9 Å². The third-order valence-electron chi connectivity index (χ3n) is 5.87. The molecule has 0 aliphatic heterocycles. The van der Waals surface area contributed by atoms with Crippen molar-refractivity contribution in [2.75, 3.05) is 6.54 Å². The summed E-state index contributed by atoms with van der Waals surface area (Å²) in [6, 6.07) is 11.4. The molecule has 0 spiro atoms. The van der Waals surface area contributed by atoms with E-state index in [1.54, 1.807) is 48.3 Å². The molecule has 4 rings (SSSR count). The van der Waals surface area contributed by atoms with E-state index < -0.39 is 0 Å². The molecule has 1 aliphatic rings. The Hall–Kier alpha value is -3.55. The van der Waals surface area contributed by atoms with Gasteiger partial charge in [-0.25, -0.2) is 4.39 Å². The molecule has 2 aromatic heterocycles. The molecule has 0 radical (unpaired) electrons. The maximum absolute atomic E-state index is 13.4. The summed E-state index contributed by atoms with van der Waals surface area (Å²) >= 11 is 0. The first-order chi connectivity index (χ1) is 15.5. The predicted molar refractivity (Wildman–Crippen MR) is 118 cm³/mol. The van der Waals surface area contributed by atoms with Crippen LogP contribution in [0, 0.1) is 11.7 Å². The minimum atomic E-state index is -0.325. The zero-order valence-electron chi connectivity index (χ0n) is 17.9. The Labute approximate surface area is 186 Å². The van der Waals surface area contributed by atoms with Crippen LogP contribution in [0.1, 0.15) is 46.5 Å². The molecular formula is C24H26FN5O2.